The van der Waals surface area contributed by atoms with Crippen molar-refractivity contribution in [3.05, 3.63) is 16.4 Å². The first kappa shape index (κ1) is 15.7. The number of halogens is 1. The van der Waals surface area contributed by atoms with Gasteiger partial charge in [0.1, 0.15) is 0 Å². The van der Waals surface area contributed by atoms with E-state index in [9.17, 15) is 0 Å². The normalized spacial score (nSPS) is 15.1. The molecule has 1 aromatic rings. The Morgan fingerprint density at radius 2 is 2.00 bits per heavy atom. The van der Waals surface area contributed by atoms with Crippen molar-refractivity contribution in [3.63, 3.8) is 0 Å². The number of rotatable bonds is 7. The Kier molecular flexibility index (Phi) is 6.36. The summed E-state index contributed by atoms with van der Waals surface area (Å²) in [5.41, 5.74) is 1.32. The van der Waals surface area contributed by atoms with Crippen LogP contribution in [0.2, 0.25) is 0 Å². The molecule has 104 valence electrons. The van der Waals surface area contributed by atoms with Crippen LogP contribution in [0.1, 0.15) is 58.7 Å². The van der Waals surface area contributed by atoms with Crippen LogP contribution >= 0.6 is 15.9 Å². The molecule has 18 heavy (non-hydrogen) atoms. The fourth-order valence-electron chi connectivity index (χ4n) is 2.14. The SMILES string of the molecule is CCCNCC(C)C(C)c1c(Br)cnn1C(C)C. The summed E-state index contributed by atoms with van der Waals surface area (Å²) in [5.74, 6) is 1.09. The van der Waals surface area contributed by atoms with Crippen LogP contribution in [0.5, 0.6) is 0 Å². The highest BCUT2D eigenvalue weighted by molar-refractivity contribution is 9.10. The number of nitrogens with one attached hydrogen (secondary N) is 1. The predicted octanol–water partition coefficient (Wildman–Crippen LogP) is 3.97. The Balaban J connectivity index is 2.76. The zero-order valence-corrected chi connectivity index (χ0v) is 13.8. The van der Waals surface area contributed by atoms with Crippen molar-refractivity contribution < 1.29 is 0 Å². The molecule has 3 nitrogen and oxygen atoms in total. The zero-order chi connectivity index (χ0) is 13.7. The van der Waals surface area contributed by atoms with Crippen molar-refractivity contribution in [2.45, 2.75) is 53.0 Å². The smallest absolute Gasteiger partial charge is 0.0635 e. The topological polar surface area (TPSA) is 29.9 Å². The molecule has 2 atom stereocenters. The zero-order valence-electron chi connectivity index (χ0n) is 12.2. The van der Waals surface area contributed by atoms with Gasteiger partial charge < -0.3 is 5.32 Å². The Morgan fingerprint density at radius 1 is 1.33 bits per heavy atom. The molecule has 1 rings (SSSR count). The molecule has 0 amide bonds. The van der Waals surface area contributed by atoms with E-state index in [2.05, 4.69) is 65.6 Å². The summed E-state index contributed by atoms with van der Waals surface area (Å²) in [7, 11) is 0. The van der Waals surface area contributed by atoms with E-state index < -0.39 is 0 Å². The summed E-state index contributed by atoms with van der Waals surface area (Å²) in [5, 5.41) is 7.97. The van der Waals surface area contributed by atoms with E-state index in [1.165, 1.54) is 12.1 Å². The molecule has 2 unspecified atom stereocenters. The second kappa shape index (κ2) is 7.29. The summed E-state index contributed by atoms with van der Waals surface area (Å²) < 4.78 is 3.26. The van der Waals surface area contributed by atoms with Crippen LogP contribution < -0.4 is 5.32 Å². The second-order valence-electron chi connectivity index (χ2n) is 5.39. The Labute approximate surface area is 119 Å². The lowest BCUT2D eigenvalue weighted by Crippen LogP contribution is -2.26. The third-order valence-corrected chi connectivity index (χ3v) is 4.07. The predicted molar refractivity (Wildman–Crippen MR) is 81.1 cm³/mol. The molecule has 1 aromatic heterocycles. The fraction of sp³-hybridized carbons (Fsp3) is 0.786. The minimum absolute atomic E-state index is 0.407. The van der Waals surface area contributed by atoms with Crippen molar-refractivity contribution in [1.82, 2.24) is 15.1 Å². The molecule has 0 aliphatic rings. The van der Waals surface area contributed by atoms with E-state index in [4.69, 9.17) is 0 Å². The molecule has 0 aliphatic heterocycles. The molecule has 0 saturated carbocycles. The standard InChI is InChI=1S/C14H26BrN3/c1-6-7-16-8-11(4)12(5)14-13(15)9-17-18(14)10(2)3/h9-12,16H,6-8H2,1-5H3. The van der Waals surface area contributed by atoms with Crippen molar-refractivity contribution in [2.75, 3.05) is 13.1 Å². The maximum Gasteiger partial charge on any atom is 0.0635 e. The first-order chi connectivity index (χ1) is 8.49. The highest BCUT2D eigenvalue weighted by atomic mass is 79.9. The summed E-state index contributed by atoms with van der Waals surface area (Å²) in [4.78, 5) is 0. The lowest BCUT2D eigenvalue weighted by atomic mass is 9.92. The monoisotopic (exact) mass is 315 g/mol. The van der Waals surface area contributed by atoms with Gasteiger partial charge in [0.05, 0.1) is 16.4 Å². The molecule has 0 radical (unpaired) electrons. The Morgan fingerprint density at radius 3 is 2.56 bits per heavy atom. The highest BCUT2D eigenvalue weighted by Crippen LogP contribution is 2.31. The van der Waals surface area contributed by atoms with Gasteiger partial charge in [0.2, 0.25) is 0 Å². The van der Waals surface area contributed by atoms with Gasteiger partial charge in [-0.05, 0) is 55.2 Å². The molecule has 1 N–H and O–H groups in total. The summed E-state index contributed by atoms with van der Waals surface area (Å²) in [6.07, 6.45) is 3.10. The van der Waals surface area contributed by atoms with E-state index in [0.717, 1.165) is 17.6 Å². The van der Waals surface area contributed by atoms with Crippen LogP contribution in [-0.4, -0.2) is 22.9 Å². The molecule has 4 heteroatoms. The largest absolute Gasteiger partial charge is 0.316 e. The van der Waals surface area contributed by atoms with Crippen LogP contribution in [0.25, 0.3) is 0 Å². The van der Waals surface area contributed by atoms with Crippen molar-refractivity contribution in [1.29, 1.82) is 0 Å². The van der Waals surface area contributed by atoms with Crippen LogP contribution in [0.4, 0.5) is 0 Å². The third-order valence-electron chi connectivity index (χ3n) is 3.45. The van der Waals surface area contributed by atoms with E-state index in [-0.39, 0.29) is 0 Å². The van der Waals surface area contributed by atoms with Crippen molar-refractivity contribution in [3.8, 4) is 0 Å². The molecule has 0 spiro atoms. The third kappa shape index (κ3) is 3.82. The number of aromatic nitrogens is 2. The molecule has 0 bridgehead atoms. The van der Waals surface area contributed by atoms with Gasteiger partial charge in [0.15, 0.2) is 0 Å². The molecular formula is C14H26BrN3. The van der Waals surface area contributed by atoms with Crippen LogP contribution in [0.3, 0.4) is 0 Å². The molecule has 0 aliphatic carbocycles. The van der Waals surface area contributed by atoms with E-state index in [1.807, 2.05) is 6.20 Å². The molecule has 1 heterocycles. The average molecular weight is 316 g/mol. The van der Waals surface area contributed by atoms with Crippen LogP contribution in [-0.2, 0) is 0 Å². The van der Waals surface area contributed by atoms with Gasteiger partial charge in [0.25, 0.3) is 0 Å². The maximum atomic E-state index is 4.46. The molecule has 0 aromatic carbocycles. The molecular weight excluding hydrogens is 290 g/mol. The van der Waals surface area contributed by atoms with Crippen LogP contribution in [0.15, 0.2) is 10.7 Å². The Bertz CT molecular complexity index is 360. The fourth-order valence-corrected chi connectivity index (χ4v) is 2.78. The van der Waals surface area contributed by atoms with E-state index >= 15 is 0 Å². The second-order valence-corrected chi connectivity index (χ2v) is 6.24. The number of nitrogens with zero attached hydrogens (tertiary/aromatic N) is 2. The minimum atomic E-state index is 0.407. The summed E-state index contributed by atoms with van der Waals surface area (Å²) >= 11 is 3.63. The number of hydrogen-bond acceptors (Lipinski definition) is 2. The van der Waals surface area contributed by atoms with Gasteiger partial charge in [0, 0.05) is 12.0 Å². The molecule has 0 saturated heterocycles. The van der Waals surface area contributed by atoms with Gasteiger partial charge in [-0.2, -0.15) is 5.10 Å². The summed E-state index contributed by atoms with van der Waals surface area (Å²) in [6, 6.07) is 0.407. The average Bonchev–Trinajstić information content (AvgIpc) is 2.70. The highest BCUT2D eigenvalue weighted by Gasteiger charge is 2.22. The quantitative estimate of drug-likeness (QED) is 0.772. The summed E-state index contributed by atoms with van der Waals surface area (Å²) in [6.45, 7) is 13.3. The van der Waals surface area contributed by atoms with Gasteiger partial charge >= 0.3 is 0 Å². The van der Waals surface area contributed by atoms with Gasteiger partial charge in [-0.1, -0.05) is 20.8 Å². The van der Waals surface area contributed by atoms with Gasteiger partial charge in [-0.25, -0.2) is 0 Å². The Hall–Kier alpha value is -0.350. The van der Waals surface area contributed by atoms with Crippen molar-refractivity contribution in [2.24, 2.45) is 5.92 Å². The van der Waals surface area contributed by atoms with Gasteiger partial charge in [-0.3, -0.25) is 4.68 Å². The van der Waals surface area contributed by atoms with Crippen LogP contribution in [0, 0.1) is 5.92 Å². The van der Waals surface area contributed by atoms with E-state index in [0.29, 0.717) is 17.9 Å². The van der Waals surface area contributed by atoms with E-state index in [1.54, 1.807) is 0 Å². The maximum absolute atomic E-state index is 4.46. The van der Waals surface area contributed by atoms with Crippen molar-refractivity contribution >= 4 is 15.9 Å². The molecule has 0 fully saturated rings. The lowest BCUT2D eigenvalue weighted by Gasteiger charge is -2.23. The first-order valence-corrected chi connectivity index (χ1v) is 7.71. The number of hydrogen-bond donors (Lipinski definition) is 1. The van der Waals surface area contributed by atoms with Gasteiger partial charge in [-0.15, -0.1) is 0 Å². The first-order valence-electron chi connectivity index (χ1n) is 6.92. The lowest BCUT2D eigenvalue weighted by molar-refractivity contribution is 0.406. The minimum Gasteiger partial charge on any atom is -0.316 e.